The van der Waals surface area contributed by atoms with Gasteiger partial charge in [0, 0.05) is 17.7 Å². The number of aromatic nitrogens is 1. The number of rotatable bonds is 2. The third-order valence-electron chi connectivity index (χ3n) is 4.40. The Bertz CT molecular complexity index is 573. The standard InChI is InChI=1S/C16H18N2O2/c19-7-1-2-11-5-6-17-15(10-11)18-16(20)14-9-12-3-4-13(14)8-12/h5-6,10,12-14,19H,3-4,7-9H2,(H,17,18,20). The van der Waals surface area contributed by atoms with E-state index in [1.165, 1.54) is 19.3 Å². The summed E-state index contributed by atoms with van der Waals surface area (Å²) in [6.45, 7) is -0.171. The first-order valence-electron chi connectivity index (χ1n) is 7.13. The molecule has 0 aromatic carbocycles. The van der Waals surface area contributed by atoms with E-state index in [-0.39, 0.29) is 18.4 Å². The summed E-state index contributed by atoms with van der Waals surface area (Å²) in [5, 5.41) is 11.6. The van der Waals surface area contributed by atoms with E-state index in [2.05, 4.69) is 22.1 Å². The van der Waals surface area contributed by atoms with Crippen LogP contribution in [0.1, 0.15) is 31.2 Å². The maximum Gasteiger partial charge on any atom is 0.228 e. The van der Waals surface area contributed by atoms with Crippen LogP contribution in [-0.4, -0.2) is 22.6 Å². The molecule has 1 aromatic heterocycles. The van der Waals surface area contributed by atoms with Gasteiger partial charge in [0.15, 0.2) is 0 Å². The summed E-state index contributed by atoms with van der Waals surface area (Å²) in [4.78, 5) is 16.5. The molecule has 4 nitrogen and oxygen atoms in total. The van der Waals surface area contributed by atoms with Gasteiger partial charge in [-0.25, -0.2) is 4.98 Å². The van der Waals surface area contributed by atoms with Crippen molar-refractivity contribution < 1.29 is 9.90 Å². The second-order valence-electron chi connectivity index (χ2n) is 5.66. The van der Waals surface area contributed by atoms with Crippen LogP contribution in [-0.2, 0) is 4.79 Å². The van der Waals surface area contributed by atoms with E-state index in [0.29, 0.717) is 11.7 Å². The van der Waals surface area contributed by atoms with Gasteiger partial charge in [0.25, 0.3) is 0 Å². The fourth-order valence-electron chi connectivity index (χ4n) is 3.50. The lowest BCUT2D eigenvalue weighted by Gasteiger charge is -2.20. The Kier molecular flexibility index (Phi) is 3.70. The van der Waals surface area contributed by atoms with Gasteiger partial charge in [0.1, 0.15) is 12.4 Å². The van der Waals surface area contributed by atoms with E-state index in [0.717, 1.165) is 17.9 Å². The second kappa shape index (κ2) is 5.64. The highest BCUT2D eigenvalue weighted by Crippen LogP contribution is 2.48. The molecule has 2 N–H and O–H groups in total. The highest BCUT2D eigenvalue weighted by atomic mass is 16.2. The van der Waals surface area contributed by atoms with Crippen molar-refractivity contribution >= 4 is 11.7 Å². The van der Waals surface area contributed by atoms with E-state index in [1.54, 1.807) is 18.3 Å². The van der Waals surface area contributed by atoms with Crippen LogP contribution in [0.2, 0.25) is 0 Å². The number of nitrogens with zero attached hydrogens (tertiary/aromatic N) is 1. The number of pyridine rings is 1. The number of carbonyl (C=O) groups excluding carboxylic acids is 1. The number of aliphatic hydroxyl groups is 1. The summed E-state index contributed by atoms with van der Waals surface area (Å²) < 4.78 is 0. The number of hydrogen-bond donors (Lipinski definition) is 2. The van der Waals surface area contributed by atoms with Crippen molar-refractivity contribution in [3.05, 3.63) is 23.9 Å². The Morgan fingerprint density at radius 3 is 3.05 bits per heavy atom. The SMILES string of the molecule is O=C(Nc1cc(C#CCO)ccn1)C1CC2CCC1C2. The van der Waals surface area contributed by atoms with Crippen LogP contribution in [0.3, 0.4) is 0 Å². The van der Waals surface area contributed by atoms with Crippen molar-refractivity contribution in [2.45, 2.75) is 25.7 Å². The van der Waals surface area contributed by atoms with Gasteiger partial charge in [-0.2, -0.15) is 0 Å². The smallest absolute Gasteiger partial charge is 0.228 e. The largest absolute Gasteiger partial charge is 0.384 e. The van der Waals surface area contributed by atoms with Crippen molar-refractivity contribution in [3.8, 4) is 11.8 Å². The second-order valence-corrected chi connectivity index (χ2v) is 5.66. The zero-order chi connectivity index (χ0) is 13.9. The number of anilines is 1. The molecule has 2 fully saturated rings. The average molecular weight is 270 g/mol. The molecule has 1 amide bonds. The van der Waals surface area contributed by atoms with Crippen molar-refractivity contribution in [3.63, 3.8) is 0 Å². The minimum absolute atomic E-state index is 0.0944. The van der Waals surface area contributed by atoms with Crippen LogP contribution in [0.15, 0.2) is 18.3 Å². The fourth-order valence-corrected chi connectivity index (χ4v) is 3.50. The van der Waals surface area contributed by atoms with Gasteiger partial charge in [-0.15, -0.1) is 0 Å². The first-order valence-corrected chi connectivity index (χ1v) is 7.13. The van der Waals surface area contributed by atoms with Gasteiger partial charge >= 0.3 is 0 Å². The van der Waals surface area contributed by atoms with E-state index < -0.39 is 0 Å². The Morgan fingerprint density at radius 1 is 1.45 bits per heavy atom. The summed E-state index contributed by atoms with van der Waals surface area (Å²) in [5.41, 5.74) is 0.747. The molecule has 4 heteroatoms. The van der Waals surface area contributed by atoms with Gasteiger partial charge < -0.3 is 10.4 Å². The molecule has 3 rings (SSSR count). The lowest BCUT2D eigenvalue weighted by atomic mass is 9.88. The number of hydrogen-bond acceptors (Lipinski definition) is 3. The molecule has 1 aromatic rings. The maximum atomic E-state index is 12.3. The number of aliphatic hydroxyl groups excluding tert-OH is 1. The van der Waals surface area contributed by atoms with Gasteiger partial charge in [0.05, 0.1) is 0 Å². The Balaban J connectivity index is 1.67. The topological polar surface area (TPSA) is 62.2 Å². The maximum absolute atomic E-state index is 12.3. The van der Waals surface area contributed by atoms with Crippen LogP contribution in [0.4, 0.5) is 5.82 Å². The van der Waals surface area contributed by atoms with Crippen LogP contribution in [0, 0.1) is 29.6 Å². The number of carbonyl (C=O) groups is 1. The normalized spacial score (nSPS) is 26.9. The molecule has 0 aliphatic heterocycles. The van der Waals surface area contributed by atoms with Crippen LogP contribution in [0.25, 0.3) is 0 Å². The molecule has 3 unspecified atom stereocenters. The lowest BCUT2D eigenvalue weighted by molar-refractivity contribution is -0.121. The van der Waals surface area contributed by atoms with Gasteiger partial charge in [-0.1, -0.05) is 18.3 Å². The van der Waals surface area contributed by atoms with Crippen molar-refractivity contribution in [1.29, 1.82) is 0 Å². The summed E-state index contributed by atoms with van der Waals surface area (Å²) >= 11 is 0. The summed E-state index contributed by atoms with van der Waals surface area (Å²) in [5.74, 6) is 7.52. The Labute approximate surface area is 118 Å². The Hall–Kier alpha value is -1.86. The molecule has 0 saturated heterocycles. The monoisotopic (exact) mass is 270 g/mol. The van der Waals surface area contributed by atoms with Crippen LogP contribution in [0.5, 0.6) is 0 Å². The molecule has 2 aliphatic rings. The van der Waals surface area contributed by atoms with Gasteiger partial charge in [-0.05, 0) is 43.2 Å². The predicted molar refractivity (Wildman–Crippen MR) is 75.8 cm³/mol. The first kappa shape index (κ1) is 13.1. The highest BCUT2D eigenvalue weighted by Gasteiger charge is 2.43. The molecule has 3 atom stereocenters. The van der Waals surface area contributed by atoms with E-state index in [9.17, 15) is 4.79 Å². The minimum Gasteiger partial charge on any atom is -0.384 e. The average Bonchev–Trinajstić information content (AvgIpc) is 3.08. The van der Waals surface area contributed by atoms with E-state index in [1.807, 2.05) is 0 Å². The molecule has 20 heavy (non-hydrogen) atoms. The molecule has 104 valence electrons. The molecule has 0 spiro atoms. The third-order valence-corrected chi connectivity index (χ3v) is 4.40. The quantitative estimate of drug-likeness (QED) is 0.806. The third kappa shape index (κ3) is 2.68. The number of nitrogens with one attached hydrogen (secondary N) is 1. The fraction of sp³-hybridized carbons (Fsp3) is 0.500. The zero-order valence-corrected chi connectivity index (χ0v) is 11.3. The van der Waals surface area contributed by atoms with Gasteiger partial charge in [0.2, 0.25) is 5.91 Å². The number of amides is 1. The number of fused-ring (bicyclic) bond motifs is 2. The minimum atomic E-state index is -0.171. The molecule has 2 aliphatic carbocycles. The molecular formula is C16H18N2O2. The first-order chi connectivity index (χ1) is 9.76. The van der Waals surface area contributed by atoms with Crippen molar-refractivity contribution in [2.24, 2.45) is 17.8 Å². The lowest BCUT2D eigenvalue weighted by Crippen LogP contribution is -2.27. The summed E-state index contributed by atoms with van der Waals surface area (Å²) in [6, 6.07) is 3.50. The van der Waals surface area contributed by atoms with Crippen LogP contribution >= 0.6 is 0 Å². The van der Waals surface area contributed by atoms with E-state index >= 15 is 0 Å². The van der Waals surface area contributed by atoms with Gasteiger partial charge in [-0.3, -0.25) is 4.79 Å². The molecule has 2 bridgehead atoms. The summed E-state index contributed by atoms with van der Waals surface area (Å²) in [7, 11) is 0. The molecular weight excluding hydrogens is 252 g/mol. The predicted octanol–water partition coefficient (Wildman–Crippen LogP) is 1.80. The van der Waals surface area contributed by atoms with Crippen LogP contribution < -0.4 is 5.32 Å². The summed E-state index contributed by atoms with van der Waals surface area (Å²) in [6.07, 6.45) is 6.35. The molecule has 0 radical (unpaired) electrons. The Morgan fingerprint density at radius 2 is 2.35 bits per heavy atom. The molecule has 2 saturated carbocycles. The van der Waals surface area contributed by atoms with E-state index in [4.69, 9.17) is 5.11 Å². The van der Waals surface area contributed by atoms with Crippen molar-refractivity contribution in [1.82, 2.24) is 4.98 Å². The van der Waals surface area contributed by atoms with Crippen molar-refractivity contribution in [2.75, 3.05) is 11.9 Å². The highest BCUT2D eigenvalue weighted by molar-refractivity contribution is 5.92. The molecule has 1 heterocycles. The zero-order valence-electron chi connectivity index (χ0n) is 11.3.